The van der Waals surface area contributed by atoms with Gasteiger partial charge in [0.1, 0.15) is 0 Å². The molecular weight excluding hydrogens is 248 g/mol. The maximum atomic E-state index is 3.36. The smallest absolute Gasteiger partial charge is 0.293 e. The summed E-state index contributed by atoms with van der Waals surface area (Å²) >= 11 is 0. The summed E-state index contributed by atoms with van der Waals surface area (Å²) in [5.41, 5.74) is 1.41. The van der Waals surface area contributed by atoms with Crippen molar-refractivity contribution in [3.63, 3.8) is 0 Å². The molecule has 0 radical (unpaired) electrons. The van der Waals surface area contributed by atoms with Gasteiger partial charge in [-0.25, -0.2) is 9.55 Å². The van der Waals surface area contributed by atoms with Gasteiger partial charge in [0.25, 0.3) is 0 Å². The lowest BCUT2D eigenvalue weighted by Crippen LogP contribution is -2.50. The lowest BCUT2D eigenvalue weighted by molar-refractivity contribution is -0.679. The molecule has 1 aromatic heterocycles. The molecule has 1 saturated heterocycles. The third kappa shape index (κ3) is 2.85. The zero-order valence-corrected chi connectivity index (χ0v) is 12.1. The largest absolute Gasteiger partial charge is 0.357 e. The lowest BCUT2D eigenvalue weighted by Gasteiger charge is -2.31. The summed E-state index contributed by atoms with van der Waals surface area (Å²) < 4.78 is 2.27. The van der Waals surface area contributed by atoms with Crippen molar-refractivity contribution in [3.8, 4) is 0 Å². The van der Waals surface area contributed by atoms with Gasteiger partial charge in [0, 0.05) is 19.6 Å². The van der Waals surface area contributed by atoms with Crippen molar-refractivity contribution in [1.29, 1.82) is 0 Å². The van der Waals surface area contributed by atoms with E-state index in [1.807, 2.05) is 6.20 Å². The zero-order valence-electron chi connectivity index (χ0n) is 12.1. The third-order valence-electron chi connectivity index (χ3n) is 4.00. The molecule has 1 aliphatic rings. The minimum Gasteiger partial charge on any atom is -0.293 e. The SMILES string of the molecule is CC[n+]1cc[nH]c1N1CCN(Cc2ccccc2)CC1. The molecule has 1 aliphatic heterocycles. The molecule has 4 heteroatoms. The number of benzene rings is 1. The predicted molar refractivity (Wildman–Crippen MR) is 80.6 cm³/mol. The summed E-state index contributed by atoms with van der Waals surface area (Å²) in [7, 11) is 0. The number of nitrogens with zero attached hydrogens (tertiary/aromatic N) is 3. The molecule has 106 valence electrons. The lowest BCUT2D eigenvalue weighted by atomic mass is 10.2. The second-order valence-electron chi connectivity index (χ2n) is 5.32. The van der Waals surface area contributed by atoms with Crippen molar-refractivity contribution >= 4 is 5.95 Å². The molecule has 1 N–H and O–H groups in total. The Morgan fingerprint density at radius 2 is 1.85 bits per heavy atom. The van der Waals surface area contributed by atoms with Crippen LogP contribution in [0.25, 0.3) is 0 Å². The van der Waals surface area contributed by atoms with Crippen molar-refractivity contribution in [2.24, 2.45) is 0 Å². The van der Waals surface area contributed by atoms with E-state index in [4.69, 9.17) is 0 Å². The Bertz CT molecular complexity index is 526. The Hall–Kier alpha value is -1.81. The summed E-state index contributed by atoms with van der Waals surface area (Å²) in [5.74, 6) is 1.24. The van der Waals surface area contributed by atoms with Crippen LogP contribution in [0.3, 0.4) is 0 Å². The number of H-pyrrole nitrogens is 1. The number of hydrogen-bond acceptors (Lipinski definition) is 2. The maximum absolute atomic E-state index is 3.36. The number of hydrogen-bond donors (Lipinski definition) is 1. The van der Waals surface area contributed by atoms with Crippen LogP contribution in [0.4, 0.5) is 5.95 Å². The van der Waals surface area contributed by atoms with Crippen molar-refractivity contribution in [2.45, 2.75) is 20.0 Å². The van der Waals surface area contributed by atoms with Gasteiger partial charge in [-0.15, -0.1) is 0 Å². The van der Waals surface area contributed by atoms with Gasteiger partial charge in [-0.1, -0.05) is 30.3 Å². The molecule has 0 bridgehead atoms. The molecule has 1 aromatic carbocycles. The van der Waals surface area contributed by atoms with Crippen LogP contribution in [-0.4, -0.2) is 36.1 Å². The first-order valence-electron chi connectivity index (χ1n) is 7.45. The zero-order chi connectivity index (χ0) is 13.8. The van der Waals surface area contributed by atoms with Gasteiger partial charge in [0.05, 0.1) is 32.0 Å². The molecule has 0 unspecified atom stereocenters. The molecule has 1 fully saturated rings. The highest BCUT2D eigenvalue weighted by atomic mass is 15.3. The minimum absolute atomic E-state index is 1.02. The number of rotatable bonds is 4. The summed E-state index contributed by atoms with van der Waals surface area (Å²) in [6.45, 7) is 8.69. The van der Waals surface area contributed by atoms with E-state index in [0.717, 1.165) is 39.3 Å². The number of imidazole rings is 1. The maximum Gasteiger partial charge on any atom is 0.357 e. The first-order chi connectivity index (χ1) is 9.86. The van der Waals surface area contributed by atoms with Crippen molar-refractivity contribution in [2.75, 3.05) is 31.1 Å². The molecule has 0 spiro atoms. The predicted octanol–water partition coefficient (Wildman–Crippen LogP) is 1.64. The Morgan fingerprint density at radius 3 is 2.55 bits per heavy atom. The number of anilines is 1. The Morgan fingerprint density at radius 1 is 1.10 bits per heavy atom. The minimum atomic E-state index is 1.02. The molecule has 2 heterocycles. The Kier molecular flexibility index (Phi) is 4.02. The fraction of sp³-hybridized carbons (Fsp3) is 0.438. The van der Waals surface area contributed by atoms with E-state index in [-0.39, 0.29) is 0 Å². The highest BCUT2D eigenvalue weighted by molar-refractivity contribution is 5.24. The molecule has 20 heavy (non-hydrogen) atoms. The van der Waals surface area contributed by atoms with Crippen LogP contribution in [0.5, 0.6) is 0 Å². The van der Waals surface area contributed by atoms with Crippen LogP contribution in [0.1, 0.15) is 12.5 Å². The molecule has 0 aliphatic carbocycles. The molecule has 0 saturated carbocycles. The number of aromatic nitrogens is 2. The average molecular weight is 271 g/mol. The van der Waals surface area contributed by atoms with Crippen molar-refractivity contribution < 1.29 is 4.57 Å². The number of nitrogens with one attached hydrogen (secondary N) is 1. The molecule has 3 rings (SSSR count). The molecular formula is C16H23N4+. The van der Waals surface area contributed by atoms with E-state index in [1.54, 1.807) is 0 Å². The molecule has 0 amide bonds. The van der Waals surface area contributed by atoms with E-state index in [9.17, 15) is 0 Å². The standard InChI is InChI=1S/C16H22N4/c1-2-19-9-8-17-16(19)20-12-10-18(11-13-20)14-15-6-4-3-5-7-15/h3-9H,2,10-14H2,1H3/p+1. The van der Waals surface area contributed by atoms with Gasteiger partial charge >= 0.3 is 5.95 Å². The van der Waals surface area contributed by atoms with E-state index >= 15 is 0 Å². The first kappa shape index (κ1) is 13.2. The van der Waals surface area contributed by atoms with Crippen LogP contribution in [0, 0.1) is 0 Å². The van der Waals surface area contributed by atoms with E-state index in [2.05, 4.69) is 62.8 Å². The summed E-state index contributed by atoms with van der Waals surface area (Å²) in [4.78, 5) is 8.34. The normalized spacial score (nSPS) is 16.6. The van der Waals surface area contributed by atoms with Crippen LogP contribution in [0.15, 0.2) is 42.7 Å². The quantitative estimate of drug-likeness (QED) is 0.856. The van der Waals surface area contributed by atoms with Crippen LogP contribution in [-0.2, 0) is 13.1 Å². The second kappa shape index (κ2) is 6.09. The molecule has 0 atom stereocenters. The van der Waals surface area contributed by atoms with E-state index in [0.29, 0.717) is 0 Å². The second-order valence-corrected chi connectivity index (χ2v) is 5.32. The summed E-state index contributed by atoms with van der Waals surface area (Å²) in [6.07, 6.45) is 4.14. The Labute approximate surface area is 120 Å². The average Bonchev–Trinajstić information content (AvgIpc) is 2.98. The third-order valence-corrected chi connectivity index (χ3v) is 4.00. The fourth-order valence-corrected chi connectivity index (χ4v) is 2.84. The molecule has 4 nitrogen and oxygen atoms in total. The molecule has 2 aromatic rings. The number of aromatic amines is 1. The van der Waals surface area contributed by atoms with Crippen LogP contribution >= 0.6 is 0 Å². The van der Waals surface area contributed by atoms with Gasteiger partial charge < -0.3 is 0 Å². The van der Waals surface area contributed by atoms with Gasteiger partial charge in [-0.05, 0) is 12.5 Å². The summed E-state index contributed by atoms with van der Waals surface area (Å²) in [5, 5.41) is 0. The van der Waals surface area contributed by atoms with E-state index in [1.165, 1.54) is 11.5 Å². The Balaban J connectivity index is 1.57. The first-order valence-corrected chi connectivity index (χ1v) is 7.45. The highest BCUT2D eigenvalue weighted by Crippen LogP contribution is 2.12. The summed E-state index contributed by atoms with van der Waals surface area (Å²) in [6, 6.07) is 10.7. The van der Waals surface area contributed by atoms with Crippen molar-refractivity contribution in [3.05, 3.63) is 48.3 Å². The number of piperazine rings is 1. The van der Waals surface area contributed by atoms with Gasteiger partial charge in [0.15, 0.2) is 0 Å². The van der Waals surface area contributed by atoms with Crippen molar-refractivity contribution in [1.82, 2.24) is 9.88 Å². The number of aryl methyl sites for hydroxylation is 1. The van der Waals surface area contributed by atoms with Gasteiger partial charge in [-0.3, -0.25) is 9.80 Å². The fourth-order valence-electron chi connectivity index (χ4n) is 2.84. The van der Waals surface area contributed by atoms with Gasteiger partial charge in [0.2, 0.25) is 0 Å². The van der Waals surface area contributed by atoms with Crippen LogP contribution in [0.2, 0.25) is 0 Å². The van der Waals surface area contributed by atoms with Gasteiger partial charge in [-0.2, -0.15) is 0 Å². The monoisotopic (exact) mass is 271 g/mol. The topological polar surface area (TPSA) is 26.1 Å². The highest BCUT2D eigenvalue weighted by Gasteiger charge is 2.25. The van der Waals surface area contributed by atoms with Crippen LogP contribution < -0.4 is 9.47 Å². The van der Waals surface area contributed by atoms with E-state index < -0.39 is 0 Å².